The number of hydrogen-bond acceptors (Lipinski definition) is 6. The number of nitrogens with one attached hydrogen (secondary N) is 1. The van der Waals surface area contributed by atoms with Crippen LogP contribution >= 0.6 is 0 Å². The first kappa shape index (κ1) is 20.1. The molecule has 0 unspecified atom stereocenters. The average molecular weight is 405 g/mol. The summed E-state index contributed by atoms with van der Waals surface area (Å²) in [6.45, 7) is 0.343. The molecule has 0 radical (unpaired) electrons. The van der Waals surface area contributed by atoms with Crippen LogP contribution in [0.2, 0.25) is 0 Å². The van der Waals surface area contributed by atoms with E-state index in [1.165, 1.54) is 0 Å². The zero-order valence-electron chi connectivity index (χ0n) is 17.5. The molecule has 1 aliphatic carbocycles. The summed E-state index contributed by atoms with van der Waals surface area (Å²) in [6.07, 6.45) is 3.44. The van der Waals surface area contributed by atoms with Gasteiger partial charge in [-0.2, -0.15) is 4.98 Å². The molecule has 2 aromatic carbocycles. The predicted octanol–water partition coefficient (Wildman–Crippen LogP) is 4.41. The molecule has 1 saturated carbocycles. The largest absolute Gasteiger partial charge is 0.461 e. The van der Waals surface area contributed by atoms with E-state index < -0.39 is 0 Å². The van der Waals surface area contributed by atoms with Crippen molar-refractivity contribution in [3.63, 3.8) is 0 Å². The van der Waals surface area contributed by atoms with E-state index >= 15 is 0 Å². The lowest BCUT2D eigenvalue weighted by atomic mass is 9.86. The molecule has 0 saturated heterocycles. The van der Waals surface area contributed by atoms with Crippen molar-refractivity contribution < 1.29 is 9.53 Å². The molecule has 0 bridgehead atoms. The van der Waals surface area contributed by atoms with E-state index in [0.29, 0.717) is 12.6 Å². The molecule has 0 spiro atoms. The second-order valence-electron chi connectivity index (χ2n) is 8.07. The number of para-hydroxylation sites is 1. The van der Waals surface area contributed by atoms with Crippen LogP contribution in [-0.4, -0.2) is 36.1 Å². The van der Waals surface area contributed by atoms with Gasteiger partial charge in [0.2, 0.25) is 5.95 Å². The molecule has 1 N–H and O–H groups in total. The maximum Gasteiger partial charge on any atom is 0.309 e. The minimum atomic E-state index is -0.0887. The standard InChI is InChI=1S/C24H28N4O2/c1-28(2)22-20-10-6-7-11-21(20)26-24(27-22)25-19-14-12-18(13-15-19)23(29)30-16-17-8-4-3-5-9-17/h3-11,18-19H,12-16H2,1-2H3,(H,25,26,27)/t18-,19+. The van der Waals surface area contributed by atoms with E-state index in [1.54, 1.807) is 0 Å². The van der Waals surface area contributed by atoms with Crippen molar-refractivity contribution >= 4 is 28.6 Å². The molecule has 4 rings (SSSR count). The lowest BCUT2D eigenvalue weighted by Crippen LogP contribution is -2.31. The normalized spacial score (nSPS) is 18.7. The number of aromatic nitrogens is 2. The Kier molecular flexibility index (Phi) is 6.12. The summed E-state index contributed by atoms with van der Waals surface area (Å²) >= 11 is 0. The second-order valence-corrected chi connectivity index (χ2v) is 8.07. The highest BCUT2D eigenvalue weighted by Crippen LogP contribution is 2.29. The molecule has 1 aliphatic rings. The van der Waals surface area contributed by atoms with Crippen LogP contribution in [-0.2, 0) is 16.1 Å². The molecular formula is C24H28N4O2. The van der Waals surface area contributed by atoms with Crippen molar-refractivity contribution in [3.05, 3.63) is 60.2 Å². The first-order valence-corrected chi connectivity index (χ1v) is 10.5. The van der Waals surface area contributed by atoms with Crippen molar-refractivity contribution in [2.24, 2.45) is 5.92 Å². The van der Waals surface area contributed by atoms with Crippen LogP contribution in [0, 0.1) is 5.92 Å². The number of esters is 1. The molecule has 0 atom stereocenters. The fourth-order valence-electron chi connectivity index (χ4n) is 3.97. The number of anilines is 2. The van der Waals surface area contributed by atoms with Gasteiger partial charge in [-0.3, -0.25) is 4.79 Å². The third-order valence-corrected chi connectivity index (χ3v) is 5.62. The number of benzene rings is 2. The summed E-state index contributed by atoms with van der Waals surface area (Å²) in [5.41, 5.74) is 1.95. The van der Waals surface area contributed by atoms with Crippen molar-refractivity contribution in [2.75, 3.05) is 24.3 Å². The van der Waals surface area contributed by atoms with Crippen LogP contribution in [0.4, 0.5) is 11.8 Å². The number of hydrogen-bond donors (Lipinski definition) is 1. The molecule has 1 fully saturated rings. The Morgan fingerprint density at radius 3 is 2.43 bits per heavy atom. The summed E-state index contributed by atoms with van der Waals surface area (Å²) in [4.78, 5) is 23.9. The van der Waals surface area contributed by atoms with Gasteiger partial charge >= 0.3 is 5.97 Å². The summed E-state index contributed by atoms with van der Waals surface area (Å²) in [5, 5.41) is 4.52. The van der Waals surface area contributed by atoms with Gasteiger partial charge in [-0.25, -0.2) is 4.98 Å². The van der Waals surface area contributed by atoms with E-state index in [1.807, 2.05) is 73.6 Å². The van der Waals surface area contributed by atoms with Crippen LogP contribution < -0.4 is 10.2 Å². The number of carbonyl (C=O) groups excluding carboxylic acids is 1. The van der Waals surface area contributed by atoms with Crippen molar-refractivity contribution in [1.82, 2.24) is 9.97 Å². The fraction of sp³-hybridized carbons (Fsp3) is 0.375. The minimum absolute atomic E-state index is 0.0263. The minimum Gasteiger partial charge on any atom is -0.461 e. The zero-order chi connectivity index (χ0) is 20.9. The van der Waals surface area contributed by atoms with E-state index in [4.69, 9.17) is 9.72 Å². The number of fused-ring (bicyclic) bond motifs is 1. The Labute approximate surface area is 177 Å². The van der Waals surface area contributed by atoms with Gasteiger partial charge in [0.05, 0.1) is 11.4 Å². The molecule has 1 aromatic heterocycles. The topological polar surface area (TPSA) is 67.4 Å². The Balaban J connectivity index is 1.34. The maximum atomic E-state index is 12.4. The Morgan fingerprint density at radius 1 is 1.00 bits per heavy atom. The molecular weight excluding hydrogens is 376 g/mol. The molecule has 3 aromatic rings. The molecule has 156 valence electrons. The third-order valence-electron chi connectivity index (χ3n) is 5.62. The molecule has 6 nitrogen and oxygen atoms in total. The molecule has 1 heterocycles. The van der Waals surface area contributed by atoms with E-state index in [9.17, 15) is 4.79 Å². The summed E-state index contributed by atoms with van der Waals surface area (Å²) in [5.74, 6) is 1.43. The van der Waals surface area contributed by atoms with Gasteiger partial charge in [0.15, 0.2) is 0 Å². The number of ether oxygens (including phenoxy) is 1. The van der Waals surface area contributed by atoms with Crippen LogP contribution in [0.1, 0.15) is 31.2 Å². The van der Waals surface area contributed by atoms with Gasteiger partial charge in [0.25, 0.3) is 0 Å². The lowest BCUT2D eigenvalue weighted by Gasteiger charge is -2.28. The first-order chi connectivity index (χ1) is 14.6. The molecule has 0 amide bonds. The quantitative estimate of drug-likeness (QED) is 0.614. The molecule has 30 heavy (non-hydrogen) atoms. The van der Waals surface area contributed by atoms with Gasteiger partial charge in [-0.1, -0.05) is 42.5 Å². The van der Waals surface area contributed by atoms with Crippen molar-refractivity contribution in [2.45, 2.75) is 38.3 Å². The Morgan fingerprint density at radius 2 is 1.70 bits per heavy atom. The highest BCUT2D eigenvalue weighted by molar-refractivity contribution is 5.90. The van der Waals surface area contributed by atoms with Gasteiger partial charge in [-0.15, -0.1) is 0 Å². The summed E-state index contributed by atoms with van der Waals surface area (Å²) < 4.78 is 5.52. The summed E-state index contributed by atoms with van der Waals surface area (Å²) in [6, 6.07) is 18.1. The number of nitrogens with zero attached hydrogens (tertiary/aromatic N) is 3. The monoisotopic (exact) mass is 404 g/mol. The van der Waals surface area contributed by atoms with Crippen molar-refractivity contribution in [3.8, 4) is 0 Å². The van der Waals surface area contributed by atoms with Gasteiger partial charge in [0.1, 0.15) is 12.4 Å². The number of carbonyl (C=O) groups is 1. The van der Waals surface area contributed by atoms with Crippen LogP contribution in [0.15, 0.2) is 54.6 Å². The van der Waals surface area contributed by atoms with Gasteiger partial charge in [-0.05, 0) is 43.4 Å². The van der Waals surface area contributed by atoms with E-state index in [2.05, 4.69) is 10.3 Å². The highest BCUT2D eigenvalue weighted by atomic mass is 16.5. The molecule has 6 heteroatoms. The van der Waals surface area contributed by atoms with Gasteiger partial charge < -0.3 is 15.0 Å². The summed E-state index contributed by atoms with van der Waals surface area (Å²) in [7, 11) is 3.98. The predicted molar refractivity (Wildman–Crippen MR) is 119 cm³/mol. The van der Waals surface area contributed by atoms with Crippen LogP contribution in [0.3, 0.4) is 0 Å². The van der Waals surface area contributed by atoms with Gasteiger partial charge in [0, 0.05) is 25.5 Å². The Bertz CT molecular complexity index is 999. The maximum absolute atomic E-state index is 12.4. The fourth-order valence-corrected chi connectivity index (χ4v) is 3.97. The SMILES string of the molecule is CN(C)c1nc(N[C@H]2CC[C@@H](C(=O)OCc3ccccc3)CC2)nc2ccccc12. The average Bonchev–Trinajstić information content (AvgIpc) is 2.78. The van der Waals surface area contributed by atoms with Crippen LogP contribution in [0.25, 0.3) is 10.9 Å². The zero-order valence-corrected chi connectivity index (χ0v) is 17.5. The number of rotatable bonds is 6. The molecule has 0 aliphatic heterocycles. The lowest BCUT2D eigenvalue weighted by molar-refractivity contribution is -0.151. The van der Waals surface area contributed by atoms with Crippen molar-refractivity contribution in [1.29, 1.82) is 0 Å². The highest BCUT2D eigenvalue weighted by Gasteiger charge is 2.28. The first-order valence-electron chi connectivity index (χ1n) is 10.5. The third kappa shape index (κ3) is 4.70. The smallest absolute Gasteiger partial charge is 0.309 e. The van der Waals surface area contributed by atoms with Crippen LogP contribution in [0.5, 0.6) is 0 Å². The van der Waals surface area contributed by atoms with E-state index in [-0.39, 0.29) is 17.9 Å². The second kappa shape index (κ2) is 9.11. The Hall–Kier alpha value is -3.15. The van der Waals surface area contributed by atoms with E-state index in [0.717, 1.165) is 48.0 Å².